The monoisotopic (exact) mass is 283 g/mol. The Bertz CT molecular complexity index is 896. The minimum atomic E-state index is -0.254. The van der Waals surface area contributed by atoms with Gasteiger partial charge in [-0.1, -0.05) is 72.8 Å². The van der Waals surface area contributed by atoms with Crippen LogP contribution in [0, 0.1) is 11.3 Å². The molecule has 0 aliphatic heterocycles. The van der Waals surface area contributed by atoms with Crippen LogP contribution in [0.3, 0.4) is 0 Å². The van der Waals surface area contributed by atoms with E-state index in [1.54, 1.807) is 30.3 Å². The van der Waals surface area contributed by atoms with Gasteiger partial charge in [-0.15, -0.1) is 0 Å². The molecule has 0 spiro atoms. The molecule has 104 valence electrons. The Kier molecular flexibility index (Phi) is 3.80. The van der Waals surface area contributed by atoms with E-state index in [1.165, 1.54) is 0 Å². The van der Waals surface area contributed by atoms with Crippen molar-refractivity contribution in [1.82, 2.24) is 0 Å². The lowest BCUT2D eigenvalue weighted by Gasteiger charge is -2.03. The first-order valence-corrected chi connectivity index (χ1v) is 6.99. The van der Waals surface area contributed by atoms with Crippen LogP contribution < -0.4 is 0 Å². The summed E-state index contributed by atoms with van der Waals surface area (Å²) < 4.78 is 0. The Hall–Kier alpha value is -3.18. The summed E-state index contributed by atoms with van der Waals surface area (Å²) in [6.45, 7) is 0. The van der Waals surface area contributed by atoms with Crippen LogP contribution in [-0.4, -0.2) is 5.78 Å². The van der Waals surface area contributed by atoms with Gasteiger partial charge in [0.15, 0.2) is 0 Å². The molecule has 2 nitrogen and oxygen atoms in total. The maximum atomic E-state index is 12.4. The summed E-state index contributed by atoms with van der Waals surface area (Å²) in [6, 6.07) is 24.7. The van der Waals surface area contributed by atoms with Gasteiger partial charge in [0.25, 0.3) is 0 Å². The van der Waals surface area contributed by atoms with Crippen LogP contribution in [-0.2, 0) is 0 Å². The largest absolute Gasteiger partial charge is 0.288 e. The van der Waals surface area contributed by atoms with Gasteiger partial charge in [0.2, 0.25) is 5.78 Å². The normalized spacial score (nSPS) is 11.1. The summed E-state index contributed by atoms with van der Waals surface area (Å²) in [5, 5.41) is 11.5. The molecule has 0 N–H and O–H groups in total. The highest BCUT2D eigenvalue weighted by Crippen LogP contribution is 2.21. The van der Waals surface area contributed by atoms with Crippen molar-refractivity contribution in [3.05, 3.63) is 89.5 Å². The molecule has 0 heterocycles. The first kappa shape index (κ1) is 13.8. The van der Waals surface area contributed by atoms with Crippen molar-refractivity contribution >= 4 is 22.6 Å². The Morgan fingerprint density at radius 3 is 2.32 bits per heavy atom. The lowest BCUT2D eigenvalue weighted by molar-refractivity contribution is 0.104. The highest BCUT2D eigenvalue weighted by molar-refractivity contribution is 6.14. The van der Waals surface area contributed by atoms with E-state index in [2.05, 4.69) is 0 Å². The van der Waals surface area contributed by atoms with Crippen molar-refractivity contribution in [3.63, 3.8) is 0 Å². The predicted molar refractivity (Wildman–Crippen MR) is 88.3 cm³/mol. The third-order valence-corrected chi connectivity index (χ3v) is 3.52. The average molecular weight is 283 g/mol. The fourth-order valence-electron chi connectivity index (χ4n) is 2.43. The fraction of sp³-hybridized carbons (Fsp3) is 0. The van der Waals surface area contributed by atoms with Crippen LogP contribution in [0.2, 0.25) is 0 Å². The molecule has 0 aliphatic rings. The second kappa shape index (κ2) is 6.07. The van der Waals surface area contributed by atoms with Crippen molar-refractivity contribution in [2.24, 2.45) is 0 Å². The van der Waals surface area contributed by atoms with Gasteiger partial charge in [0, 0.05) is 5.56 Å². The Morgan fingerprint density at radius 2 is 1.55 bits per heavy atom. The van der Waals surface area contributed by atoms with Gasteiger partial charge >= 0.3 is 0 Å². The van der Waals surface area contributed by atoms with Crippen LogP contribution in [0.5, 0.6) is 0 Å². The van der Waals surface area contributed by atoms with Gasteiger partial charge in [-0.05, 0) is 22.4 Å². The van der Waals surface area contributed by atoms with Crippen LogP contribution in [0.15, 0.2) is 78.4 Å². The Balaban J connectivity index is 2.09. The average Bonchev–Trinajstić information content (AvgIpc) is 2.60. The number of fused-ring (bicyclic) bond motifs is 1. The molecular weight excluding hydrogens is 270 g/mol. The Labute approximate surface area is 128 Å². The summed E-state index contributed by atoms with van der Waals surface area (Å²) >= 11 is 0. The predicted octanol–water partition coefficient (Wildman–Crippen LogP) is 4.63. The van der Waals surface area contributed by atoms with Gasteiger partial charge in [-0.3, -0.25) is 4.79 Å². The topological polar surface area (TPSA) is 40.9 Å². The summed E-state index contributed by atoms with van der Waals surface area (Å²) in [5.41, 5.74) is 1.54. The molecule has 0 fully saturated rings. The smallest absolute Gasteiger partial charge is 0.203 e. The van der Waals surface area contributed by atoms with Crippen molar-refractivity contribution in [3.8, 4) is 6.07 Å². The van der Waals surface area contributed by atoms with Gasteiger partial charge in [0.05, 0.1) is 0 Å². The number of hydrogen-bond donors (Lipinski definition) is 0. The van der Waals surface area contributed by atoms with Gasteiger partial charge in [0.1, 0.15) is 11.6 Å². The van der Waals surface area contributed by atoms with E-state index in [0.717, 1.165) is 16.3 Å². The number of nitriles is 1. The lowest BCUT2D eigenvalue weighted by atomic mass is 9.99. The molecule has 0 saturated heterocycles. The van der Waals surface area contributed by atoms with Crippen LogP contribution in [0.4, 0.5) is 0 Å². The summed E-state index contributed by atoms with van der Waals surface area (Å²) in [7, 11) is 0. The molecular formula is C20H13NO. The van der Waals surface area contributed by atoms with Crippen LogP contribution >= 0.6 is 0 Å². The quantitative estimate of drug-likeness (QED) is 0.399. The summed E-state index contributed by atoms with van der Waals surface area (Å²) in [6.07, 6.45) is 1.66. The number of Topliss-reactive ketones (excluding diaryl/α,β-unsaturated/α-hetero) is 1. The maximum Gasteiger partial charge on any atom is 0.203 e. The number of nitrogens with zero attached hydrogens (tertiary/aromatic N) is 1. The van der Waals surface area contributed by atoms with E-state index in [0.29, 0.717) is 5.56 Å². The third-order valence-electron chi connectivity index (χ3n) is 3.52. The maximum absolute atomic E-state index is 12.4. The first-order valence-electron chi connectivity index (χ1n) is 6.99. The zero-order valence-corrected chi connectivity index (χ0v) is 11.9. The second-order valence-electron chi connectivity index (χ2n) is 4.93. The molecule has 0 unspecified atom stereocenters. The minimum absolute atomic E-state index is 0.141. The third kappa shape index (κ3) is 2.65. The van der Waals surface area contributed by atoms with Gasteiger partial charge in [-0.25, -0.2) is 0 Å². The SMILES string of the molecule is N#C/C(=C/c1cccc2ccccc12)C(=O)c1ccccc1. The zero-order valence-electron chi connectivity index (χ0n) is 11.9. The molecule has 0 aromatic heterocycles. The molecule has 2 heteroatoms. The zero-order chi connectivity index (χ0) is 15.4. The number of benzene rings is 3. The number of hydrogen-bond acceptors (Lipinski definition) is 2. The highest BCUT2D eigenvalue weighted by atomic mass is 16.1. The number of rotatable bonds is 3. The molecule has 0 bridgehead atoms. The number of ketones is 1. The lowest BCUT2D eigenvalue weighted by Crippen LogP contribution is -2.01. The van der Waals surface area contributed by atoms with E-state index < -0.39 is 0 Å². The van der Waals surface area contributed by atoms with Gasteiger partial charge in [-0.2, -0.15) is 5.26 Å². The van der Waals surface area contributed by atoms with Crippen molar-refractivity contribution in [1.29, 1.82) is 5.26 Å². The van der Waals surface area contributed by atoms with Crippen molar-refractivity contribution < 1.29 is 4.79 Å². The first-order chi connectivity index (χ1) is 10.8. The molecule has 0 radical (unpaired) electrons. The van der Waals surface area contributed by atoms with Crippen LogP contribution in [0.25, 0.3) is 16.8 Å². The van der Waals surface area contributed by atoms with Gasteiger partial charge < -0.3 is 0 Å². The van der Waals surface area contributed by atoms with E-state index in [-0.39, 0.29) is 11.4 Å². The Morgan fingerprint density at radius 1 is 0.864 bits per heavy atom. The van der Waals surface area contributed by atoms with Crippen molar-refractivity contribution in [2.45, 2.75) is 0 Å². The molecule has 0 aliphatic carbocycles. The molecule has 3 aromatic rings. The molecule has 0 atom stereocenters. The molecule has 0 amide bonds. The molecule has 3 rings (SSSR count). The number of carbonyl (C=O) groups is 1. The number of allylic oxidation sites excluding steroid dienone is 1. The summed E-state index contributed by atoms with van der Waals surface area (Å²) in [5.74, 6) is -0.254. The summed E-state index contributed by atoms with van der Waals surface area (Å²) in [4.78, 5) is 12.4. The van der Waals surface area contributed by atoms with E-state index in [9.17, 15) is 10.1 Å². The number of carbonyl (C=O) groups excluding carboxylic acids is 1. The van der Waals surface area contributed by atoms with E-state index in [1.807, 2.05) is 54.6 Å². The molecule has 3 aromatic carbocycles. The standard InChI is InChI=1S/C20H13NO/c21-14-18(20(22)16-8-2-1-3-9-16)13-17-11-6-10-15-7-4-5-12-19(15)17/h1-13H/b18-13-. The van der Waals surface area contributed by atoms with E-state index in [4.69, 9.17) is 0 Å². The molecule has 22 heavy (non-hydrogen) atoms. The fourth-order valence-corrected chi connectivity index (χ4v) is 2.43. The second-order valence-corrected chi connectivity index (χ2v) is 4.93. The van der Waals surface area contributed by atoms with E-state index >= 15 is 0 Å². The molecule has 0 saturated carbocycles. The minimum Gasteiger partial charge on any atom is -0.288 e. The van der Waals surface area contributed by atoms with Crippen LogP contribution in [0.1, 0.15) is 15.9 Å². The highest BCUT2D eigenvalue weighted by Gasteiger charge is 2.12. The van der Waals surface area contributed by atoms with Crippen molar-refractivity contribution in [2.75, 3.05) is 0 Å².